The average Bonchev–Trinajstić information content (AvgIpc) is 2.51. The standard InChI is InChI=1S/C15H18F2N2O3/c1-2-22-14(20)10-5-4-8-19(9-10)15(21)18-13-11(16)6-3-7-12(13)17/h3,6-7,10H,2,4-5,8-9H2,1H3,(H,18,21). The van der Waals surface area contributed by atoms with Crippen molar-refractivity contribution in [2.75, 3.05) is 25.0 Å². The van der Waals surface area contributed by atoms with Crippen LogP contribution in [-0.4, -0.2) is 36.6 Å². The van der Waals surface area contributed by atoms with Crippen molar-refractivity contribution in [3.05, 3.63) is 29.8 Å². The predicted molar refractivity (Wildman–Crippen MR) is 76.3 cm³/mol. The molecule has 1 aliphatic rings. The van der Waals surface area contributed by atoms with Gasteiger partial charge in [0.15, 0.2) is 0 Å². The molecule has 1 atom stereocenters. The van der Waals surface area contributed by atoms with E-state index in [-0.39, 0.29) is 19.1 Å². The minimum Gasteiger partial charge on any atom is -0.466 e. The number of carbonyl (C=O) groups is 2. The Morgan fingerprint density at radius 3 is 2.68 bits per heavy atom. The monoisotopic (exact) mass is 312 g/mol. The number of nitrogens with one attached hydrogen (secondary N) is 1. The maximum absolute atomic E-state index is 13.5. The van der Waals surface area contributed by atoms with Crippen molar-refractivity contribution in [3.8, 4) is 0 Å². The van der Waals surface area contributed by atoms with Crippen LogP contribution in [0.4, 0.5) is 19.3 Å². The van der Waals surface area contributed by atoms with Crippen LogP contribution in [0.25, 0.3) is 0 Å². The Balaban J connectivity index is 2.02. The van der Waals surface area contributed by atoms with Crippen LogP contribution < -0.4 is 5.32 Å². The number of hydrogen-bond donors (Lipinski definition) is 1. The summed E-state index contributed by atoms with van der Waals surface area (Å²) in [6, 6.07) is 2.72. The molecular formula is C15H18F2N2O3. The molecule has 5 nitrogen and oxygen atoms in total. The number of hydrogen-bond acceptors (Lipinski definition) is 3. The predicted octanol–water partition coefficient (Wildman–Crippen LogP) is 2.77. The molecule has 1 aromatic carbocycles. The van der Waals surface area contributed by atoms with Crippen LogP contribution >= 0.6 is 0 Å². The Kier molecular flexibility index (Phi) is 5.30. The number of amides is 2. The van der Waals surface area contributed by atoms with Gasteiger partial charge in [-0.3, -0.25) is 4.79 Å². The lowest BCUT2D eigenvalue weighted by molar-refractivity contribution is -0.149. The van der Waals surface area contributed by atoms with Gasteiger partial charge in [0, 0.05) is 13.1 Å². The molecule has 1 fully saturated rings. The topological polar surface area (TPSA) is 58.6 Å². The molecular weight excluding hydrogens is 294 g/mol. The molecule has 0 saturated carbocycles. The summed E-state index contributed by atoms with van der Waals surface area (Å²) < 4.78 is 32.0. The lowest BCUT2D eigenvalue weighted by Crippen LogP contribution is -2.44. The molecule has 0 aromatic heterocycles. The first-order valence-corrected chi connectivity index (χ1v) is 7.19. The maximum atomic E-state index is 13.5. The van der Waals surface area contributed by atoms with Crippen molar-refractivity contribution in [1.29, 1.82) is 0 Å². The van der Waals surface area contributed by atoms with E-state index in [1.54, 1.807) is 6.92 Å². The van der Waals surface area contributed by atoms with Gasteiger partial charge in [-0.25, -0.2) is 13.6 Å². The van der Waals surface area contributed by atoms with Gasteiger partial charge in [0.05, 0.1) is 12.5 Å². The highest BCUT2D eigenvalue weighted by Gasteiger charge is 2.29. The molecule has 0 bridgehead atoms. The molecule has 1 unspecified atom stereocenters. The molecule has 2 rings (SSSR count). The number of halogens is 2. The number of carbonyl (C=O) groups excluding carboxylic acids is 2. The van der Waals surface area contributed by atoms with Gasteiger partial charge in [-0.15, -0.1) is 0 Å². The number of esters is 1. The van der Waals surface area contributed by atoms with Gasteiger partial charge in [-0.1, -0.05) is 6.07 Å². The molecule has 1 N–H and O–H groups in total. The number of ether oxygens (including phenoxy) is 1. The van der Waals surface area contributed by atoms with E-state index in [4.69, 9.17) is 4.74 Å². The highest BCUT2D eigenvalue weighted by Crippen LogP contribution is 2.21. The van der Waals surface area contributed by atoms with E-state index >= 15 is 0 Å². The second-order valence-electron chi connectivity index (χ2n) is 5.06. The third kappa shape index (κ3) is 3.72. The number of urea groups is 1. The summed E-state index contributed by atoms with van der Waals surface area (Å²) in [5.74, 6) is -2.43. The molecule has 2 amide bonds. The smallest absolute Gasteiger partial charge is 0.322 e. The van der Waals surface area contributed by atoms with Crippen molar-refractivity contribution >= 4 is 17.7 Å². The molecule has 0 aliphatic carbocycles. The van der Waals surface area contributed by atoms with E-state index in [0.29, 0.717) is 19.4 Å². The number of anilines is 1. The summed E-state index contributed by atoms with van der Waals surface area (Å²) in [6.45, 7) is 2.60. The third-order valence-corrected chi connectivity index (χ3v) is 3.52. The summed E-state index contributed by atoms with van der Waals surface area (Å²) in [6.07, 6.45) is 1.27. The van der Waals surface area contributed by atoms with Gasteiger partial charge in [0.1, 0.15) is 17.3 Å². The molecule has 7 heteroatoms. The van der Waals surface area contributed by atoms with Gasteiger partial charge in [-0.2, -0.15) is 0 Å². The SMILES string of the molecule is CCOC(=O)C1CCCN(C(=O)Nc2c(F)cccc2F)C1. The molecule has 1 heterocycles. The van der Waals surface area contributed by atoms with E-state index in [1.165, 1.54) is 11.0 Å². The van der Waals surface area contributed by atoms with Crippen LogP contribution in [0.5, 0.6) is 0 Å². The molecule has 22 heavy (non-hydrogen) atoms. The molecule has 0 spiro atoms. The van der Waals surface area contributed by atoms with Gasteiger partial charge < -0.3 is 15.0 Å². The van der Waals surface area contributed by atoms with E-state index < -0.39 is 29.3 Å². The number of nitrogens with zero attached hydrogens (tertiary/aromatic N) is 1. The zero-order valence-electron chi connectivity index (χ0n) is 12.3. The zero-order chi connectivity index (χ0) is 16.1. The summed E-state index contributed by atoms with van der Waals surface area (Å²) in [5.41, 5.74) is -0.481. The summed E-state index contributed by atoms with van der Waals surface area (Å²) in [4.78, 5) is 25.2. The fourth-order valence-electron chi connectivity index (χ4n) is 2.42. The molecule has 1 aliphatic heterocycles. The summed E-state index contributed by atoms with van der Waals surface area (Å²) in [5, 5.41) is 2.22. The molecule has 0 radical (unpaired) electrons. The summed E-state index contributed by atoms with van der Waals surface area (Å²) in [7, 11) is 0. The van der Waals surface area contributed by atoms with E-state index in [0.717, 1.165) is 12.1 Å². The quantitative estimate of drug-likeness (QED) is 0.873. The minimum atomic E-state index is -0.840. The van der Waals surface area contributed by atoms with Gasteiger partial charge in [-0.05, 0) is 31.9 Å². The highest BCUT2D eigenvalue weighted by atomic mass is 19.1. The Labute approximate surface area is 127 Å². The zero-order valence-corrected chi connectivity index (χ0v) is 12.3. The van der Waals surface area contributed by atoms with Crippen molar-refractivity contribution in [2.45, 2.75) is 19.8 Å². The lowest BCUT2D eigenvalue weighted by atomic mass is 9.98. The lowest BCUT2D eigenvalue weighted by Gasteiger charge is -2.31. The number of rotatable bonds is 3. The number of piperidine rings is 1. The Hall–Kier alpha value is -2.18. The van der Waals surface area contributed by atoms with Crippen molar-refractivity contribution in [3.63, 3.8) is 0 Å². The first-order valence-electron chi connectivity index (χ1n) is 7.19. The summed E-state index contributed by atoms with van der Waals surface area (Å²) >= 11 is 0. The van der Waals surface area contributed by atoms with Crippen LogP contribution in [0, 0.1) is 17.6 Å². The Morgan fingerprint density at radius 2 is 2.05 bits per heavy atom. The van der Waals surface area contributed by atoms with Gasteiger partial charge in [0.25, 0.3) is 0 Å². The van der Waals surface area contributed by atoms with Gasteiger partial charge in [0.2, 0.25) is 0 Å². The highest BCUT2D eigenvalue weighted by molar-refractivity contribution is 5.90. The van der Waals surface area contributed by atoms with Crippen LogP contribution in [0.2, 0.25) is 0 Å². The third-order valence-electron chi connectivity index (χ3n) is 3.52. The number of benzene rings is 1. The van der Waals surface area contributed by atoms with E-state index in [1.807, 2.05) is 0 Å². The fourth-order valence-corrected chi connectivity index (χ4v) is 2.42. The normalized spacial score (nSPS) is 18.0. The average molecular weight is 312 g/mol. The van der Waals surface area contributed by atoms with Crippen molar-refractivity contribution in [2.24, 2.45) is 5.92 Å². The van der Waals surface area contributed by atoms with Crippen LogP contribution in [0.3, 0.4) is 0 Å². The second kappa shape index (κ2) is 7.20. The second-order valence-corrected chi connectivity index (χ2v) is 5.06. The van der Waals surface area contributed by atoms with Crippen molar-refractivity contribution < 1.29 is 23.1 Å². The van der Waals surface area contributed by atoms with Crippen LogP contribution in [0.15, 0.2) is 18.2 Å². The van der Waals surface area contributed by atoms with Gasteiger partial charge >= 0.3 is 12.0 Å². The fraction of sp³-hybridized carbons (Fsp3) is 0.467. The minimum absolute atomic E-state index is 0.181. The first-order chi connectivity index (χ1) is 10.5. The maximum Gasteiger partial charge on any atom is 0.322 e. The van der Waals surface area contributed by atoms with Crippen molar-refractivity contribution in [1.82, 2.24) is 4.90 Å². The molecule has 1 aromatic rings. The van der Waals surface area contributed by atoms with E-state index in [2.05, 4.69) is 5.32 Å². The van der Waals surface area contributed by atoms with Crippen LogP contribution in [0.1, 0.15) is 19.8 Å². The van der Waals surface area contributed by atoms with E-state index in [9.17, 15) is 18.4 Å². The van der Waals surface area contributed by atoms with Crippen LogP contribution in [-0.2, 0) is 9.53 Å². The Bertz CT molecular complexity index is 545. The first kappa shape index (κ1) is 16.2. The largest absolute Gasteiger partial charge is 0.466 e. The number of likely N-dealkylation sites (tertiary alicyclic amines) is 1. The number of para-hydroxylation sites is 1. The molecule has 120 valence electrons. The molecule has 1 saturated heterocycles. The Morgan fingerprint density at radius 1 is 1.36 bits per heavy atom.